The third kappa shape index (κ3) is 4.98. The smallest absolute Gasteiger partial charge is 0.320 e. The zero-order valence-electron chi connectivity index (χ0n) is 20.5. The third-order valence-electron chi connectivity index (χ3n) is 6.09. The van der Waals surface area contributed by atoms with Crippen molar-refractivity contribution in [3.05, 3.63) is 52.8 Å². The molecule has 184 valence electrons. The van der Waals surface area contributed by atoms with Gasteiger partial charge in [0.1, 0.15) is 17.3 Å². The van der Waals surface area contributed by atoms with Gasteiger partial charge < -0.3 is 15.1 Å². The minimum Gasteiger partial charge on any atom is -0.325 e. The van der Waals surface area contributed by atoms with Gasteiger partial charge in [-0.2, -0.15) is 0 Å². The number of rotatable bonds is 5. The number of nitrogens with zero attached hydrogens (tertiary/aromatic N) is 7. The van der Waals surface area contributed by atoms with Crippen molar-refractivity contribution in [2.75, 3.05) is 18.9 Å². The molecular formula is C24H29FN8O2. The number of halogens is 1. The fourth-order valence-electron chi connectivity index (χ4n) is 3.88. The average molecular weight is 481 g/mol. The van der Waals surface area contributed by atoms with Crippen LogP contribution in [0, 0.1) is 5.82 Å². The normalized spacial score (nSPS) is 13.2. The van der Waals surface area contributed by atoms with Crippen LogP contribution in [0.15, 0.2) is 30.3 Å². The van der Waals surface area contributed by atoms with Crippen molar-refractivity contribution in [1.82, 2.24) is 35.0 Å². The lowest BCUT2D eigenvalue weighted by Gasteiger charge is -2.34. The molecule has 0 radical (unpaired) electrons. The number of urea groups is 1. The molecule has 0 unspecified atom stereocenters. The number of aromatic nitrogens is 5. The maximum absolute atomic E-state index is 14.9. The van der Waals surface area contributed by atoms with Crippen LogP contribution in [0.4, 0.5) is 15.0 Å². The minimum absolute atomic E-state index is 0.0245. The quantitative estimate of drug-likeness (QED) is 0.598. The van der Waals surface area contributed by atoms with E-state index in [9.17, 15) is 14.0 Å². The van der Waals surface area contributed by atoms with Crippen LogP contribution in [0.5, 0.6) is 0 Å². The monoisotopic (exact) mass is 480 g/mol. The number of amides is 3. The summed E-state index contributed by atoms with van der Waals surface area (Å²) < 4.78 is 16.5. The highest BCUT2D eigenvalue weighted by Crippen LogP contribution is 2.25. The largest absolute Gasteiger partial charge is 0.325 e. The first-order valence-electron chi connectivity index (χ1n) is 11.6. The van der Waals surface area contributed by atoms with Gasteiger partial charge in [0.25, 0.3) is 5.91 Å². The molecule has 4 rings (SSSR count). The number of tetrazole rings is 1. The molecule has 2 aromatic heterocycles. The van der Waals surface area contributed by atoms with Crippen molar-refractivity contribution in [1.29, 1.82) is 0 Å². The summed E-state index contributed by atoms with van der Waals surface area (Å²) in [6.45, 7) is 8.59. The number of carbonyl (C=O) groups is 2. The van der Waals surface area contributed by atoms with Crippen molar-refractivity contribution in [2.45, 2.75) is 52.7 Å². The molecule has 0 spiro atoms. The lowest BCUT2D eigenvalue weighted by molar-refractivity contribution is 0.102. The molecule has 1 aliphatic heterocycles. The Morgan fingerprint density at radius 1 is 1.14 bits per heavy atom. The Balaban J connectivity index is 1.55. The van der Waals surface area contributed by atoms with E-state index in [1.165, 1.54) is 12.1 Å². The number of fused-ring (bicyclic) bond motifs is 1. The standard InChI is InChI=1S/C24H29FN8O2/c1-14(2)31(5)24(35)32-10-9-16-12-19(25)18(11-17(16)13-32)23(34)27-21-8-6-7-20(26-21)22-28-29-30-33(22)15(3)4/h6-8,11-12,14-15H,9-10,13H2,1-5H3,(H,26,27,34). The van der Waals surface area contributed by atoms with Gasteiger partial charge in [-0.25, -0.2) is 18.9 Å². The van der Waals surface area contributed by atoms with Gasteiger partial charge in [0, 0.05) is 26.2 Å². The van der Waals surface area contributed by atoms with Gasteiger partial charge in [-0.1, -0.05) is 6.07 Å². The summed E-state index contributed by atoms with van der Waals surface area (Å²) in [5.74, 6) is -0.521. The molecule has 35 heavy (non-hydrogen) atoms. The molecule has 0 fully saturated rings. The van der Waals surface area contributed by atoms with Crippen LogP contribution in [0.25, 0.3) is 11.5 Å². The average Bonchev–Trinajstić information content (AvgIpc) is 3.33. The number of hydrogen-bond acceptors (Lipinski definition) is 6. The van der Waals surface area contributed by atoms with E-state index >= 15 is 0 Å². The fraction of sp³-hybridized carbons (Fsp3) is 0.417. The van der Waals surface area contributed by atoms with Crippen molar-refractivity contribution in [3.8, 4) is 11.5 Å². The highest BCUT2D eigenvalue weighted by Gasteiger charge is 2.26. The highest BCUT2D eigenvalue weighted by molar-refractivity contribution is 6.04. The van der Waals surface area contributed by atoms with Crippen molar-refractivity contribution < 1.29 is 14.0 Å². The van der Waals surface area contributed by atoms with Crippen LogP contribution in [0.3, 0.4) is 0 Å². The zero-order chi connectivity index (χ0) is 25.3. The molecule has 1 N–H and O–H groups in total. The summed E-state index contributed by atoms with van der Waals surface area (Å²) in [5, 5.41) is 14.4. The molecule has 0 atom stereocenters. The SMILES string of the molecule is CC(C)N(C)C(=O)N1CCc2cc(F)c(C(=O)Nc3cccc(-c4nnnn4C(C)C)n3)cc2C1. The molecule has 1 aromatic carbocycles. The van der Waals surface area contributed by atoms with Gasteiger partial charge >= 0.3 is 6.03 Å². The summed E-state index contributed by atoms with van der Waals surface area (Å²) >= 11 is 0. The van der Waals surface area contributed by atoms with Crippen molar-refractivity contribution in [2.24, 2.45) is 0 Å². The van der Waals surface area contributed by atoms with Gasteiger partial charge in [0.05, 0.1) is 11.6 Å². The summed E-state index contributed by atoms with van der Waals surface area (Å²) in [6, 6.07) is 7.98. The van der Waals surface area contributed by atoms with Crippen LogP contribution in [-0.4, -0.2) is 66.6 Å². The molecule has 0 saturated heterocycles. The van der Waals surface area contributed by atoms with E-state index in [0.717, 1.165) is 11.1 Å². The fourth-order valence-corrected chi connectivity index (χ4v) is 3.88. The Labute approximate surface area is 203 Å². The Morgan fingerprint density at radius 3 is 2.63 bits per heavy atom. The summed E-state index contributed by atoms with van der Waals surface area (Å²) in [7, 11) is 1.76. The number of benzene rings is 1. The molecule has 3 heterocycles. The molecule has 3 amide bonds. The van der Waals surface area contributed by atoms with Crippen molar-refractivity contribution >= 4 is 17.8 Å². The number of hydrogen-bond donors (Lipinski definition) is 1. The van der Waals surface area contributed by atoms with E-state index in [0.29, 0.717) is 31.0 Å². The molecule has 1 aliphatic rings. The van der Waals surface area contributed by atoms with Gasteiger partial charge in [-0.3, -0.25) is 4.79 Å². The second-order valence-corrected chi connectivity index (χ2v) is 9.16. The first kappa shape index (κ1) is 24.2. The van der Waals surface area contributed by atoms with Crippen molar-refractivity contribution in [3.63, 3.8) is 0 Å². The Hall–Kier alpha value is -3.89. The zero-order valence-corrected chi connectivity index (χ0v) is 20.5. The predicted molar refractivity (Wildman–Crippen MR) is 128 cm³/mol. The van der Waals surface area contributed by atoms with Gasteiger partial charge in [-0.05, 0) is 79.9 Å². The lowest BCUT2D eigenvalue weighted by Crippen LogP contribution is -2.46. The molecule has 0 saturated carbocycles. The van der Waals surface area contributed by atoms with Crippen LogP contribution < -0.4 is 5.32 Å². The van der Waals surface area contributed by atoms with Gasteiger partial charge in [-0.15, -0.1) is 5.10 Å². The van der Waals surface area contributed by atoms with Gasteiger partial charge in [0.15, 0.2) is 0 Å². The maximum atomic E-state index is 14.9. The van der Waals surface area contributed by atoms with E-state index < -0.39 is 11.7 Å². The lowest BCUT2D eigenvalue weighted by atomic mass is 9.96. The molecule has 10 nitrogen and oxygen atoms in total. The first-order chi connectivity index (χ1) is 16.7. The molecule has 0 aliphatic carbocycles. The number of pyridine rings is 1. The summed E-state index contributed by atoms with van der Waals surface area (Å²) in [6.07, 6.45) is 0.528. The van der Waals surface area contributed by atoms with Crippen LogP contribution in [0.1, 0.15) is 55.2 Å². The third-order valence-corrected chi connectivity index (χ3v) is 6.09. The Bertz CT molecular complexity index is 1260. The van der Waals surface area contributed by atoms with E-state index in [1.807, 2.05) is 27.7 Å². The predicted octanol–water partition coefficient (Wildman–Crippen LogP) is 3.53. The molecule has 11 heteroatoms. The molecular weight excluding hydrogens is 451 g/mol. The maximum Gasteiger partial charge on any atom is 0.320 e. The summed E-state index contributed by atoms with van der Waals surface area (Å²) in [4.78, 5) is 33.5. The molecule has 0 bridgehead atoms. The van der Waals surface area contributed by atoms with Crippen LogP contribution in [-0.2, 0) is 13.0 Å². The highest BCUT2D eigenvalue weighted by atomic mass is 19.1. The van der Waals surface area contributed by atoms with E-state index in [-0.39, 0.29) is 29.5 Å². The number of carbonyl (C=O) groups excluding carboxylic acids is 2. The minimum atomic E-state index is -0.624. The van der Waals surface area contributed by atoms with E-state index in [4.69, 9.17) is 0 Å². The molecule has 3 aromatic rings. The topological polar surface area (TPSA) is 109 Å². The van der Waals surface area contributed by atoms with Gasteiger partial charge in [0.2, 0.25) is 5.82 Å². The Morgan fingerprint density at radius 2 is 1.91 bits per heavy atom. The first-order valence-corrected chi connectivity index (χ1v) is 11.6. The second kappa shape index (κ2) is 9.77. The number of anilines is 1. The van der Waals surface area contributed by atoms with Crippen LogP contribution in [0.2, 0.25) is 0 Å². The second-order valence-electron chi connectivity index (χ2n) is 9.16. The van der Waals surface area contributed by atoms with E-state index in [1.54, 1.807) is 39.7 Å². The summed E-state index contributed by atoms with van der Waals surface area (Å²) in [5.41, 5.74) is 1.94. The van der Waals surface area contributed by atoms with E-state index in [2.05, 4.69) is 25.8 Å². The van der Waals surface area contributed by atoms with Crippen LogP contribution >= 0.6 is 0 Å². The Kier molecular flexibility index (Phi) is 6.77. The number of nitrogens with one attached hydrogen (secondary N) is 1.